The minimum Gasteiger partial charge on any atom is -0.494 e. The topological polar surface area (TPSA) is 55.8 Å². The van der Waals surface area contributed by atoms with Crippen molar-refractivity contribution in [2.75, 3.05) is 13.2 Å². The third-order valence-electron chi connectivity index (χ3n) is 2.53. The zero-order chi connectivity index (χ0) is 14.0. The molecule has 1 atom stereocenters. The highest BCUT2D eigenvalue weighted by atomic mass is 32.9. The second-order valence-corrected chi connectivity index (χ2v) is 6.53. The van der Waals surface area contributed by atoms with E-state index >= 15 is 0 Å². The van der Waals surface area contributed by atoms with Crippen LogP contribution in [0.25, 0.3) is 0 Å². The van der Waals surface area contributed by atoms with Gasteiger partial charge in [-0.1, -0.05) is 37.5 Å². The molecular weight excluding hydrogens is 284 g/mol. The molecule has 1 aromatic rings. The van der Waals surface area contributed by atoms with Gasteiger partial charge in [0.2, 0.25) is 0 Å². The molecule has 4 nitrogen and oxygen atoms in total. The van der Waals surface area contributed by atoms with E-state index in [9.17, 15) is 4.21 Å². The van der Waals surface area contributed by atoms with Crippen LogP contribution in [0.3, 0.4) is 0 Å². The Balaban J connectivity index is 1.89. The molecule has 6 heteroatoms. The monoisotopic (exact) mass is 304 g/mol. The van der Waals surface area contributed by atoms with E-state index in [-0.39, 0.29) is 6.61 Å². The van der Waals surface area contributed by atoms with Gasteiger partial charge in [-0.15, -0.1) is 0 Å². The van der Waals surface area contributed by atoms with Crippen LogP contribution in [0.4, 0.5) is 0 Å². The van der Waals surface area contributed by atoms with Crippen molar-refractivity contribution in [3.63, 3.8) is 0 Å². The van der Waals surface area contributed by atoms with Gasteiger partial charge in [-0.3, -0.25) is 8.74 Å². The van der Waals surface area contributed by atoms with Crippen LogP contribution in [-0.4, -0.2) is 22.0 Å². The van der Waals surface area contributed by atoms with E-state index < -0.39 is 9.05 Å². The van der Waals surface area contributed by atoms with Gasteiger partial charge in [0.05, 0.1) is 13.2 Å². The molecule has 0 aromatic heterocycles. The Hall–Kier alpha value is -0.690. The first-order valence-electron chi connectivity index (χ1n) is 6.37. The highest BCUT2D eigenvalue weighted by Crippen LogP contribution is 2.10. The molecule has 1 aromatic carbocycles. The van der Waals surface area contributed by atoms with Crippen molar-refractivity contribution in [1.82, 2.24) is 0 Å². The van der Waals surface area contributed by atoms with Crippen molar-refractivity contribution in [2.45, 2.75) is 32.1 Å². The molecule has 0 saturated carbocycles. The molecule has 1 N–H and O–H groups in total. The second kappa shape index (κ2) is 9.25. The minimum absolute atomic E-state index is 0.249. The lowest BCUT2D eigenvalue weighted by atomic mass is 10.1. The summed E-state index contributed by atoms with van der Waals surface area (Å²) in [5.41, 5.74) is 0. The number of ether oxygens (including phenoxy) is 1. The van der Waals surface area contributed by atoms with Gasteiger partial charge in [0.25, 0.3) is 9.05 Å². The Morgan fingerprint density at radius 1 is 1.00 bits per heavy atom. The summed E-state index contributed by atoms with van der Waals surface area (Å²) >= 11 is 4.21. The lowest BCUT2D eigenvalue weighted by Crippen LogP contribution is -2.03. The molecule has 1 rings (SSSR count). The van der Waals surface area contributed by atoms with Crippen molar-refractivity contribution >= 4 is 20.2 Å². The number of rotatable bonds is 10. The maximum absolute atomic E-state index is 10.6. The quantitative estimate of drug-likeness (QED) is 0.673. The summed E-state index contributed by atoms with van der Waals surface area (Å²) in [4.78, 5) is 0. The fourth-order valence-electron chi connectivity index (χ4n) is 1.61. The first kappa shape index (κ1) is 16.4. The van der Waals surface area contributed by atoms with Crippen molar-refractivity contribution in [1.29, 1.82) is 0 Å². The van der Waals surface area contributed by atoms with Crippen LogP contribution in [-0.2, 0) is 24.4 Å². The summed E-state index contributed by atoms with van der Waals surface area (Å²) in [6.07, 6.45) is 4.87. The average Bonchev–Trinajstić information content (AvgIpc) is 2.37. The average molecular weight is 304 g/mol. The number of hydrogen-bond donors (Lipinski definition) is 1. The maximum Gasteiger partial charge on any atom is 0.266 e. The molecular formula is C13H20O4S2. The maximum atomic E-state index is 10.6. The molecule has 108 valence electrons. The second-order valence-electron chi connectivity index (χ2n) is 4.18. The molecule has 0 aliphatic carbocycles. The van der Waals surface area contributed by atoms with Gasteiger partial charge in [0.1, 0.15) is 5.75 Å². The van der Waals surface area contributed by atoms with E-state index in [1.807, 2.05) is 30.3 Å². The van der Waals surface area contributed by atoms with E-state index in [4.69, 9.17) is 9.29 Å². The largest absolute Gasteiger partial charge is 0.494 e. The number of unbranched alkanes of at least 4 members (excludes halogenated alkanes) is 4. The Morgan fingerprint density at radius 2 is 1.58 bits per heavy atom. The standard InChI is InChI=1S/C13H20O4S2/c14-19(15,18)17-12-8-3-1-2-7-11-16-13-9-5-4-6-10-13/h4-6,9-10H,1-3,7-8,11-12H2,(H,14,15,18). The van der Waals surface area contributed by atoms with Gasteiger partial charge in [-0.2, -0.15) is 4.21 Å². The zero-order valence-corrected chi connectivity index (χ0v) is 12.5. The van der Waals surface area contributed by atoms with Crippen molar-refractivity contribution < 1.29 is 17.7 Å². The minimum atomic E-state index is -3.44. The van der Waals surface area contributed by atoms with Crippen LogP contribution >= 0.6 is 0 Å². The van der Waals surface area contributed by atoms with E-state index in [0.717, 1.165) is 44.5 Å². The van der Waals surface area contributed by atoms with Gasteiger partial charge in [0.15, 0.2) is 0 Å². The number of hydrogen-bond acceptors (Lipinski definition) is 4. The molecule has 0 radical (unpaired) electrons. The fraction of sp³-hybridized carbons (Fsp3) is 0.538. The highest BCUT2D eigenvalue weighted by Gasteiger charge is 1.99. The summed E-state index contributed by atoms with van der Waals surface area (Å²) in [5, 5.41) is 0. The van der Waals surface area contributed by atoms with E-state index in [0.29, 0.717) is 0 Å². The zero-order valence-electron chi connectivity index (χ0n) is 10.8. The summed E-state index contributed by atoms with van der Waals surface area (Å²) in [5.74, 6) is 0.902. The molecule has 0 bridgehead atoms. The van der Waals surface area contributed by atoms with Crippen LogP contribution in [0.5, 0.6) is 5.75 Å². The summed E-state index contributed by atoms with van der Waals surface area (Å²) in [7, 11) is -3.44. The van der Waals surface area contributed by atoms with Crippen molar-refractivity contribution in [2.24, 2.45) is 0 Å². The molecule has 0 aliphatic rings. The predicted octanol–water partition coefficient (Wildman–Crippen LogP) is 3.17. The van der Waals surface area contributed by atoms with E-state index in [2.05, 4.69) is 15.4 Å². The first-order chi connectivity index (χ1) is 9.08. The van der Waals surface area contributed by atoms with Gasteiger partial charge in [-0.05, 0) is 25.0 Å². The van der Waals surface area contributed by atoms with Gasteiger partial charge in [-0.25, -0.2) is 0 Å². The molecule has 19 heavy (non-hydrogen) atoms. The van der Waals surface area contributed by atoms with Crippen LogP contribution in [0.2, 0.25) is 0 Å². The predicted molar refractivity (Wildman–Crippen MR) is 79.1 cm³/mol. The molecule has 0 heterocycles. The van der Waals surface area contributed by atoms with Gasteiger partial charge in [0, 0.05) is 11.2 Å². The summed E-state index contributed by atoms with van der Waals surface area (Å²) in [6, 6.07) is 9.75. The molecule has 0 spiro atoms. The van der Waals surface area contributed by atoms with Crippen LogP contribution in [0.1, 0.15) is 32.1 Å². The van der Waals surface area contributed by atoms with Gasteiger partial charge < -0.3 is 4.74 Å². The molecule has 0 saturated heterocycles. The lowest BCUT2D eigenvalue weighted by molar-refractivity contribution is 0.288. The van der Waals surface area contributed by atoms with Crippen LogP contribution in [0, 0.1) is 0 Å². The highest BCUT2D eigenvalue weighted by molar-refractivity contribution is 8.27. The third kappa shape index (κ3) is 9.84. The summed E-state index contributed by atoms with van der Waals surface area (Å²) in [6.45, 7) is 0.969. The Labute approximate surface area is 119 Å². The molecule has 0 aliphatic heterocycles. The number of benzene rings is 1. The van der Waals surface area contributed by atoms with E-state index in [1.54, 1.807) is 0 Å². The Kier molecular flexibility index (Phi) is 7.97. The normalized spacial score (nSPS) is 13.9. The molecule has 0 fully saturated rings. The van der Waals surface area contributed by atoms with Crippen LogP contribution < -0.4 is 4.74 Å². The molecule has 0 amide bonds. The Morgan fingerprint density at radius 3 is 2.21 bits per heavy atom. The first-order valence-corrected chi connectivity index (χ1v) is 8.74. The number of para-hydroxylation sites is 1. The fourth-order valence-corrected chi connectivity index (χ4v) is 2.14. The molecule has 1 unspecified atom stereocenters. The SMILES string of the molecule is O=S(O)(=S)OCCCCCCCOc1ccccc1. The van der Waals surface area contributed by atoms with Crippen molar-refractivity contribution in [3.8, 4) is 5.75 Å². The van der Waals surface area contributed by atoms with Gasteiger partial charge >= 0.3 is 0 Å². The summed E-state index contributed by atoms with van der Waals surface area (Å²) < 4.78 is 29.5. The van der Waals surface area contributed by atoms with Crippen LogP contribution in [0.15, 0.2) is 30.3 Å². The lowest BCUT2D eigenvalue weighted by Gasteiger charge is -2.05. The third-order valence-corrected chi connectivity index (χ3v) is 3.29. The van der Waals surface area contributed by atoms with Crippen molar-refractivity contribution in [3.05, 3.63) is 30.3 Å². The van der Waals surface area contributed by atoms with E-state index in [1.165, 1.54) is 0 Å². The smallest absolute Gasteiger partial charge is 0.266 e. The Bertz CT molecular complexity index is 431.